The Morgan fingerprint density at radius 1 is 1.32 bits per heavy atom. The highest BCUT2D eigenvalue weighted by atomic mass is 16.3. The highest BCUT2D eigenvalue weighted by molar-refractivity contribution is 5.83. The number of carbonyl (C=O) groups excluding carboxylic acids is 1. The van der Waals surface area contributed by atoms with Crippen LogP contribution in [-0.4, -0.2) is 47.7 Å². The molecule has 4 heteroatoms. The lowest BCUT2D eigenvalue weighted by molar-refractivity contribution is -0.151. The lowest BCUT2D eigenvalue weighted by Gasteiger charge is -2.48. The van der Waals surface area contributed by atoms with Gasteiger partial charge in [-0.15, -0.1) is 0 Å². The van der Waals surface area contributed by atoms with Gasteiger partial charge >= 0.3 is 0 Å². The van der Waals surface area contributed by atoms with E-state index in [-0.39, 0.29) is 5.41 Å². The molecule has 4 nitrogen and oxygen atoms in total. The van der Waals surface area contributed by atoms with Crippen molar-refractivity contribution in [2.75, 3.05) is 26.2 Å². The molecule has 3 fully saturated rings. The van der Waals surface area contributed by atoms with Gasteiger partial charge in [0.15, 0.2) is 0 Å². The van der Waals surface area contributed by atoms with Gasteiger partial charge in [0.2, 0.25) is 5.91 Å². The smallest absolute Gasteiger partial charge is 0.229 e. The van der Waals surface area contributed by atoms with Crippen LogP contribution in [0, 0.1) is 11.3 Å². The number of hydrogen-bond donors (Lipinski definition) is 2. The Hall–Kier alpha value is -0.610. The number of piperidine rings is 1. The van der Waals surface area contributed by atoms with E-state index in [1.165, 1.54) is 6.42 Å². The third-order valence-electron chi connectivity index (χ3n) is 5.60. The van der Waals surface area contributed by atoms with Gasteiger partial charge in [-0.1, -0.05) is 12.8 Å². The van der Waals surface area contributed by atoms with Crippen molar-refractivity contribution >= 4 is 5.91 Å². The van der Waals surface area contributed by atoms with Crippen LogP contribution in [0.5, 0.6) is 0 Å². The Labute approximate surface area is 115 Å². The van der Waals surface area contributed by atoms with Gasteiger partial charge in [0, 0.05) is 25.6 Å². The molecule has 0 aromatic rings. The lowest BCUT2D eigenvalue weighted by atomic mass is 9.71. The van der Waals surface area contributed by atoms with Crippen LogP contribution in [0.1, 0.15) is 45.4 Å². The van der Waals surface area contributed by atoms with Crippen LogP contribution in [0.25, 0.3) is 0 Å². The summed E-state index contributed by atoms with van der Waals surface area (Å²) in [5.74, 6) is 0.599. The van der Waals surface area contributed by atoms with E-state index in [4.69, 9.17) is 0 Å². The number of rotatable bonds is 1. The SMILES string of the molecule is CC1(C(=O)N2CCC3(O)CCCCC3C2)CCNC1. The van der Waals surface area contributed by atoms with Gasteiger partial charge < -0.3 is 15.3 Å². The summed E-state index contributed by atoms with van der Waals surface area (Å²) in [6.07, 6.45) is 6.06. The van der Waals surface area contributed by atoms with Crippen LogP contribution in [0.15, 0.2) is 0 Å². The second kappa shape index (κ2) is 4.74. The molecule has 19 heavy (non-hydrogen) atoms. The summed E-state index contributed by atoms with van der Waals surface area (Å²) in [5, 5.41) is 14.0. The predicted octanol–water partition coefficient (Wildman–Crippen LogP) is 1.14. The molecule has 0 spiro atoms. The summed E-state index contributed by atoms with van der Waals surface area (Å²) in [4.78, 5) is 14.7. The maximum Gasteiger partial charge on any atom is 0.229 e. The number of aliphatic hydroxyl groups is 1. The number of carbonyl (C=O) groups is 1. The van der Waals surface area contributed by atoms with Crippen molar-refractivity contribution in [3.8, 4) is 0 Å². The number of nitrogens with zero attached hydrogens (tertiary/aromatic N) is 1. The number of fused-ring (bicyclic) bond motifs is 1. The van der Waals surface area contributed by atoms with Crippen LogP contribution < -0.4 is 5.32 Å². The molecular weight excluding hydrogens is 240 g/mol. The highest BCUT2D eigenvalue weighted by Gasteiger charge is 2.47. The second-order valence-electron chi connectivity index (χ2n) is 7.03. The fraction of sp³-hybridized carbons (Fsp3) is 0.933. The molecule has 2 heterocycles. The number of likely N-dealkylation sites (tertiary alicyclic amines) is 1. The molecular formula is C15H26N2O2. The molecule has 0 aromatic carbocycles. The highest BCUT2D eigenvalue weighted by Crippen LogP contribution is 2.41. The molecule has 3 atom stereocenters. The maximum absolute atomic E-state index is 12.7. The Morgan fingerprint density at radius 2 is 2.16 bits per heavy atom. The molecule has 1 saturated carbocycles. The molecule has 0 bridgehead atoms. The Balaban J connectivity index is 1.69. The average molecular weight is 266 g/mol. The van der Waals surface area contributed by atoms with Crippen molar-refractivity contribution in [3.63, 3.8) is 0 Å². The predicted molar refractivity (Wildman–Crippen MR) is 73.7 cm³/mol. The van der Waals surface area contributed by atoms with Crippen LogP contribution in [0.3, 0.4) is 0 Å². The van der Waals surface area contributed by atoms with Gasteiger partial charge in [-0.05, 0) is 39.2 Å². The number of amides is 1. The van der Waals surface area contributed by atoms with E-state index in [0.717, 1.165) is 58.3 Å². The van der Waals surface area contributed by atoms with Gasteiger partial charge in [0.25, 0.3) is 0 Å². The zero-order valence-electron chi connectivity index (χ0n) is 12.0. The van der Waals surface area contributed by atoms with Crippen LogP contribution in [0.2, 0.25) is 0 Å². The monoisotopic (exact) mass is 266 g/mol. The number of hydrogen-bond acceptors (Lipinski definition) is 3. The van der Waals surface area contributed by atoms with Gasteiger partial charge in [0.05, 0.1) is 11.0 Å². The second-order valence-corrected chi connectivity index (χ2v) is 7.03. The van der Waals surface area contributed by atoms with E-state index in [1.807, 2.05) is 4.90 Å². The van der Waals surface area contributed by atoms with E-state index in [9.17, 15) is 9.90 Å². The van der Waals surface area contributed by atoms with Crippen molar-refractivity contribution in [3.05, 3.63) is 0 Å². The molecule has 3 aliphatic rings. The first-order valence-electron chi connectivity index (χ1n) is 7.76. The standard InChI is InChI=1S/C15H26N2O2/c1-14(6-8-16-11-14)13(18)17-9-7-15(19)5-3-2-4-12(15)10-17/h12,16,19H,2-11H2,1H3. The van der Waals surface area contributed by atoms with Gasteiger partial charge in [-0.25, -0.2) is 0 Å². The molecule has 3 rings (SSSR count). The first-order chi connectivity index (χ1) is 9.04. The van der Waals surface area contributed by atoms with Crippen LogP contribution >= 0.6 is 0 Å². The fourth-order valence-electron chi connectivity index (χ4n) is 4.14. The molecule has 0 radical (unpaired) electrons. The summed E-state index contributed by atoms with van der Waals surface area (Å²) in [6, 6.07) is 0. The largest absolute Gasteiger partial charge is 0.389 e. The zero-order valence-corrected chi connectivity index (χ0v) is 12.0. The molecule has 1 aliphatic carbocycles. The summed E-state index contributed by atoms with van der Waals surface area (Å²) in [5.41, 5.74) is -0.700. The molecule has 2 aliphatic heterocycles. The quantitative estimate of drug-likeness (QED) is 0.748. The van der Waals surface area contributed by atoms with E-state index in [1.54, 1.807) is 0 Å². The van der Waals surface area contributed by atoms with E-state index < -0.39 is 5.60 Å². The van der Waals surface area contributed by atoms with Crippen LogP contribution in [-0.2, 0) is 4.79 Å². The molecule has 3 unspecified atom stereocenters. The first kappa shape index (κ1) is 13.4. The fourth-order valence-corrected chi connectivity index (χ4v) is 4.14. The normalized spacial score (nSPS) is 43.1. The van der Waals surface area contributed by atoms with Crippen molar-refractivity contribution in [1.82, 2.24) is 10.2 Å². The maximum atomic E-state index is 12.7. The topological polar surface area (TPSA) is 52.6 Å². The van der Waals surface area contributed by atoms with E-state index in [2.05, 4.69) is 12.2 Å². The molecule has 1 amide bonds. The Morgan fingerprint density at radius 3 is 2.89 bits per heavy atom. The van der Waals surface area contributed by atoms with Crippen molar-refractivity contribution in [2.24, 2.45) is 11.3 Å². The third kappa shape index (κ3) is 2.29. The van der Waals surface area contributed by atoms with Crippen LogP contribution in [0.4, 0.5) is 0 Å². The summed E-state index contributed by atoms with van der Waals surface area (Å²) in [6.45, 7) is 5.34. The van der Waals surface area contributed by atoms with Crippen molar-refractivity contribution in [1.29, 1.82) is 0 Å². The molecule has 0 aromatic heterocycles. The Bertz CT molecular complexity index is 365. The van der Waals surface area contributed by atoms with Gasteiger partial charge in [0.1, 0.15) is 0 Å². The first-order valence-corrected chi connectivity index (χ1v) is 7.76. The van der Waals surface area contributed by atoms with E-state index >= 15 is 0 Å². The van der Waals surface area contributed by atoms with Gasteiger partial charge in [-0.2, -0.15) is 0 Å². The number of nitrogens with one attached hydrogen (secondary N) is 1. The minimum absolute atomic E-state index is 0.218. The Kier molecular flexibility index (Phi) is 3.34. The lowest BCUT2D eigenvalue weighted by Crippen LogP contribution is -2.57. The average Bonchev–Trinajstić information content (AvgIpc) is 2.85. The van der Waals surface area contributed by atoms with Gasteiger partial charge in [-0.3, -0.25) is 4.79 Å². The molecule has 2 N–H and O–H groups in total. The van der Waals surface area contributed by atoms with E-state index in [0.29, 0.717) is 11.8 Å². The zero-order chi connectivity index (χ0) is 13.5. The minimum atomic E-state index is -0.482. The summed E-state index contributed by atoms with van der Waals surface area (Å²) in [7, 11) is 0. The molecule has 2 saturated heterocycles. The molecule has 108 valence electrons. The van der Waals surface area contributed by atoms with Crippen molar-refractivity contribution in [2.45, 2.75) is 51.0 Å². The minimum Gasteiger partial charge on any atom is -0.389 e. The van der Waals surface area contributed by atoms with Crippen molar-refractivity contribution < 1.29 is 9.90 Å². The third-order valence-corrected chi connectivity index (χ3v) is 5.60. The summed E-state index contributed by atoms with van der Waals surface area (Å²) >= 11 is 0. The summed E-state index contributed by atoms with van der Waals surface area (Å²) < 4.78 is 0.